The highest BCUT2D eigenvalue weighted by molar-refractivity contribution is 7.18. The SMILES string of the molecule is COC(=O)C1CCC(C(=C\c2sc3ccccc3[n+]2C)/C=C2\C=Cc3cc([N+](=O)[O-])ccc3N2C)CC1. The van der Waals surface area contributed by atoms with Crippen LogP contribution in [0.25, 0.3) is 22.4 Å². The maximum absolute atomic E-state index is 12.1. The number of carbonyl (C=O) groups excluding carboxylic acids is 1. The highest BCUT2D eigenvalue weighted by atomic mass is 32.1. The van der Waals surface area contributed by atoms with Gasteiger partial charge in [-0.2, -0.15) is 4.57 Å². The van der Waals surface area contributed by atoms with E-state index in [9.17, 15) is 14.9 Å². The minimum atomic E-state index is -0.365. The zero-order chi connectivity index (χ0) is 26.1. The van der Waals surface area contributed by atoms with E-state index in [0.29, 0.717) is 5.92 Å². The maximum atomic E-state index is 12.1. The smallest absolute Gasteiger partial charge is 0.308 e. The molecule has 0 spiro atoms. The Morgan fingerprint density at radius 1 is 1.14 bits per heavy atom. The van der Waals surface area contributed by atoms with Crippen LogP contribution >= 0.6 is 11.3 Å². The second-order valence-corrected chi connectivity index (χ2v) is 10.7. The third kappa shape index (κ3) is 4.93. The summed E-state index contributed by atoms with van der Waals surface area (Å²) in [6.45, 7) is 0. The number of rotatable bonds is 5. The third-order valence-corrected chi connectivity index (χ3v) is 8.68. The molecular weight excluding hydrogens is 486 g/mol. The molecule has 8 heteroatoms. The normalized spacial score (nSPS) is 20.8. The molecule has 1 saturated carbocycles. The molecular formula is C29H30N3O4S+. The van der Waals surface area contributed by atoms with Gasteiger partial charge in [0.2, 0.25) is 5.52 Å². The maximum Gasteiger partial charge on any atom is 0.308 e. The van der Waals surface area contributed by atoms with Gasteiger partial charge in [0, 0.05) is 48.3 Å². The van der Waals surface area contributed by atoms with E-state index in [0.717, 1.165) is 42.6 Å². The van der Waals surface area contributed by atoms with E-state index in [1.54, 1.807) is 23.5 Å². The van der Waals surface area contributed by atoms with Crippen molar-refractivity contribution >= 4 is 51.0 Å². The van der Waals surface area contributed by atoms with Crippen LogP contribution in [0.1, 0.15) is 36.3 Å². The first-order valence-corrected chi connectivity index (χ1v) is 13.3. The van der Waals surface area contributed by atoms with Crippen molar-refractivity contribution in [2.75, 3.05) is 19.1 Å². The van der Waals surface area contributed by atoms with Gasteiger partial charge in [0.1, 0.15) is 11.7 Å². The number of aromatic nitrogens is 1. The number of hydrogen-bond donors (Lipinski definition) is 0. The van der Waals surface area contributed by atoms with Crippen molar-refractivity contribution < 1.29 is 19.0 Å². The molecule has 2 aromatic carbocycles. The van der Waals surface area contributed by atoms with Gasteiger partial charge in [-0.15, -0.1) is 0 Å². The van der Waals surface area contributed by atoms with Gasteiger partial charge in [0.05, 0.1) is 18.0 Å². The van der Waals surface area contributed by atoms with Crippen LogP contribution in [0.15, 0.2) is 65.9 Å². The van der Waals surface area contributed by atoms with Gasteiger partial charge in [0.15, 0.2) is 0 Å². The van der Waals surface area contributed by atoms with Crippen molar-refractivity contribution in [3.8, 4) is 0 Å². The summed E-state index contributed by atoms with van der Waals surface area (Å²) >= 11 is 1.77. The Kier molecular flexibility index (Phi) is 6.93. The molecule has 2 aliphatic rings. The van der Waals surface area contributed by atoms with Crippen LogP contribution in [0, 0.1) is 22.0 Å². The number of methoxy groups -OCH3 is 1. The fourth-order valence-corrected chi connectivity index (χ4v) is 6.44. The van der Waals surface area contributed by atoms with Crippen LogP contribution in [0.4, 0.5) is 11.4 Å². The number of hydrogen-bond acceptors (Lipinski definition) is 6. The fraction of sp³-hybridized carbons (Fsp3) is 0.310. The predicted molar refractivity (Wildman–Crippen MR) is 147 cm³/mol. The van der Waals surface area contributed by atoms with Crippen molar-refractivity contribution in [2.24, 2.45) is 18.9 Å². The zero-order valence-corrected chi connectivity index (χ0v) is 22.0. The number of aryl methyl sites for hydroxylation is 1. The van der Waals surface area contributed by atoms with E-state index in [1.807, 2.05) is 25.3 Å². The zero-order valence-electron chi connectivity index (χ0n) is 21.2. The number of carbonyl (C=O) groups is 1. The predicted octanol–water partition coefficient (Wildman–Crippen LogP) is 6.04. The Labute approximate surface area is 220 Å². The summed E-state index contributed by atoms with van der Waals surface area (Å²) in [7, 11) is 5.55. The lowest BCUT2D eigenvalue weighted by Crippen LogP contribution is -2.29. The Morgan fingerprint density at radius 2 is 1.86 bits per heavy atom. The van der Waals surface area contributed by atoms with E-state index in [4.69, 9.17) is 4.74 Å². The van der Waals surface area contributed by atoms with Crippen LogP contribution in [-0.2, 0) is 16.6 Å². The number of ether oxygens (including phenoxy) is 1. The van der Waals surface area contributed by atoms with Crippen molar-refractivity contribution in [3.05, 3.63) is 86.6 Å². The Hall–Kier alpha value is -3.78. The molecule has 7 nitrogen and oxygen atoms in total. The first-order valence-electron chi connectivity index (χ1n) is 12.4. The van der Waals surface area contributed by atoms with Crippen molar-refractivity contribution in [2.45, 2.75) is 25.7 Å². The minimum absolute atomic E-state index is 0.0319. The van der Waals surface area contributed by atoms with Gasteiger partial charge < -0.3 is 9.64 Å². The van der Waals surface area contributed by atoms with Crippen LogP contribution < -0.4 is 9.47 Å². The number of allylic oxidation sites excluding steroid dienone is 3. The average Bonchev–Trinajstić information content (AvgIpc) is 3.24. The molecule has 0 atom stereocenters. The average molecular weight is 517 g/mol. The number of thiazole rings is 1. The second kappa shape index (κ2) is 10.3. The van der Waals surface area contributed by atoms with Crippen molar-refractivity contribution in [1.82, 2.24) is 0 Å². The number of benzene rings is 2. The van der Waals surface area contributed by atoms with E-state index >= 15 is 0 Å². The van der Waals surface area contributed by atoms with E-state index in [-0.39, 0.29) is 22.5 Å². The van der Waals surface area contributed by atoms with E-state index in [2.05, 4.69) is 52.9 Å². The molecule has 190 valence electrons. The number of nitro groups is 1. The third-order valence-electron chi connectivity index (χ3n) is 7.51. The van der Waals surface area contributed by atoms with Crippen LogP contribution in [0.3, 0.4) is 0 Å². The number of esters is 1. The van der Waals surface area contributed by atoms with Gasteiger partial charge in [-0.05, 0) is 61.5 Å². The lowest BCUT2D eigenvalue weighted by molar-refractivity contribution is -0.642. The topological polar surface area (TPSA) is 76.6 Å². The summed E-state index contributed by atoms with van der Waals surface area (Å²) < 4.78 is 8.47. The lowest BCUT2D eigenvalue weighted by atomic mass is 9.78. The number of nitrogens with zero attached hydrogens (tertiary/aromatic N) is 3. The minimum Gasteiger partial charge on any atom is -0.469 e. The van der Waals surface area contributed by atoms with Crippen LogP contribution in [-0.4, -0.2) is 25.1 Å². The van der Waals surface area contributed by atoms with Gasteiger partial charge in [-0.1, -0.05) is 29.5 Å². The number of fused-ring (bicyclic) bond motifs is 2. The fourth-order valence-electron chi connectivity index (χ4n) is 5.33. The van der Waals surface area contributed by atoms with Gasteiger partial charge in [0.25, 0.3) is 10.7 Å². The molecule has 5 rings (SSSR count). The molecule has 1 aromatic heterocycles. The number of non-ortho nitro benzene ring substituents is 1. The number of likely N-dealkylation sites (N-methyl/N-ethyl adjacent to an activating group) is 1. The number of anilines is 1. The largest absolute Gasteiger partial charge is 0.469 e. The summed E-state index contributed by atoms with van der Waals surface area (Å²) in [5.74, 6) is 0.174. The summed E-state index contributed by atoms with van der Waals surface area (Å²) in [6, 6.07) is 13.4. The highest BCUT2D eigenvalue weighted by Gasteiger charge is 2.29. The molecule has 0 unspecified atom stereocenters. The molecule has 1 aliphatic carbocycles. The van der Waals surface area contributed by atoms with Crippen LogP contribution in [0.2, 0.25) is 0 Å². The lowest BCUT2D eigenvalue weighted by Gasteiger charge is -2.30. The monoisotopic (exact) mass is 516 g/mol. The quantitative estimate of drug-likeness (QED) is 0.179. The molecule has 0 saturated heterocycles. The van der Waals surface area contributed by atoms with Gasteiger partial charge in [-0.25, -0.2) is 0 Å². The van der Waals surface area contributed by atoms with E-state index in [1.165, 1.54) is 27.9 Å². The van der Waals surface area contributed by atoms with Gasteiger partial charge in [-0.3, -0.25) is 14.9 Å². The molecule has 3 aromatic rings. The summed E-state index contributed by atoms with van der Waals surface area (Å²) in [5, 5.41) is 12.4. The van der Waals surface area contributed by atoms with E-state index < -0.39 is 0 Å². The molecule has 1 aliphatic heterocycles. The van der Waals surface area contributed by atoms with Gasteiger partial charge >= 0.3 is 5.97 Å². The Bertz CT molecular complexity index is 1460. The molecule has 0 N–H and O–H groups in total. The molecule has 0 amide bonds. The summed E-state index contributed by atoms with van der Waals surface area (Å²) in [5.41, 5.74) is 5.29. The second-order valence-electron chi connectivity index (χ2n) is 9.64. The molecule has 0 bridgehead atoms. The Morgan fingerprint density at radius 3 is 2.57 bits per heavy atom. The molecule has 37 heavy (non-hydrogen) atoms. The van der Waals surface area contributed by atoms with Crippen LogP contribution in [0.5, 0.6) is 0 Å². The first-order chi connectivity index (χ1) is 17.9. The van der Waals surface area contributed by atoms with Crippen molar-refractivity contribution in [1.29, 1.82) is 0 Å². The highest BCUT2D eigenvalue weighted by Crippen LogP contribution is 2.38. The first kappa shape index (κ1) is 24.9. The Balaban J connectivity index is 1.52. The number of para-hydroxylation sites is 1. The van der Waals surface area contributed by atoms with Crippen molar-refractivity contribution in [3.63, 3.8) is 0 Å². The molecule has 2 heterocycles. The molecule has 1 fully saturated rings. The standard InChI is InChI=1S/C29H30N3O4S/c1-30-23(13-12-21-16-24(32(34)35)14-15-25(21)30)17-22(19-8-10-20(11-9-19)29(33)36-3)18-28-31(2)26-6-4-5-7-27(26)37-28/h4-7,12-20H,8-11H2,1-3H3/q+1. The summed E-state index contributed by atoms with van der Waals surface area (Å²) in [6.07, 6.45) is 11.9. The summed E-state index contributed by atoms with van der Waals surface area (Å²) in [4.78, 5) is 25.1. The molecule has 0 radical (unpaired) electrons. The number of nitro benzene ring substituents is 1.